The van der Waals surface area contributed by atoms with Crippen molar-refractivity contribution in [3.63, 3.8) is 0 Å². The number of rotatable bonds is 4. The van der Waals surface area contributed by atoms with Crippen LogP contribution in [0.25, 0.3) is 0 Å². The molecule has 1 heterocycles. The van der Waals surface area contributed by atoms with Crippen LogP contribution < -0.4 is 5.32 Å². The Kier molecular flexibility index (Phi) is 4.71. The van der Waals surface area contributed by atoms with Crippen LogP contribution in [0.3, 0.4) is 0 Å². The Labute approximate surface area is 123 Å². The van der Waals surface area contributed by atoms with E-state index in [1.54, 1.807) is 23.5 Å². The Balaban J connectivity index is 2.02. The number of amides is 1. The highest BCUT2D eigenvalue weighted by Gasteiger charge is 2.16. The minimum atomic E-state index is -0.525. The Hall–Kier alpha value is -1.20. The van der Waals surface area contributed by atoms with Crippen LogP contribution >= 0.6 is 27.3 Å². The standard InChI is InChI=1S/C14H13BrFNOS/c1-9(7-10-5-6-19-8-10)17-14(18)11-3-2-4-12(15)13(11)16/h2-6,8-9H,7H2,1H3,(H,17,18). The lowest BCUT2D eigenvalue weighted by Crippen LogP contribution is -2.34. The number of hydrogen-bond acceptors (Lipinski definition) is 2. The third-order valence-corrected chi connectivity index (χ3v) is 4.04. The number of halogens is 2. The zero-order valence-corrected chi connectivity index (χ0v) is 12.7. The second-order valence-corrected chi connectivity index (χ2v) is 5.95. The van der Waals surface area contributed by atoms with Crippen LogP contribution in [0.15, 0.2) is 39.5 Å². The Morgan fingerprint density at radius 1 is 1.47 bits per heavy atom. The monoisotopic (exact) mass is 341 g/mol. The third kappa shape index (κ3) is 3.64. The Morgan fingerprint density at radius 3 is 2.95 bits per heavy atom. The van der Waals surface area contributed by atoms with Gasteiger partial charge in [-0.05, 0) is 63.8 Å². The molecule has 0 fully saturated rings. The maximum absolute atomic E-state index is 13.8. The van der Waals surface area contributed by atoms with E-state index in [1.165, 1.54) is 11.6 Å². The molecule has 1 amide bonds. The van der Waals surface area contributed by atoms with Gasteiger partial charge in [0.15, 0.2) is 0 Å². The number of hydrogen-bond donors (Lipinski definition) is 1. The average molecular weight is 342 g/mol. The third-order valence-electron chi connectivity index (χ3n) is 2.70. The van der Waals surface area contributed by atoms with Crippen LogP contribution in [0.2, 0.25) is 0 Å². The average Bonchev–Trinajstić information content (AvgIpc) is 2.85. The van der Waals surface area contributed by atoms with Gasteiger partial charge in [0.2, 0.25) is 0 Å². The van der Waals surface area contributed by atoms with Crippen molar-refractivity contribution in [2.24, 2.45) is 0 Å². The lowest BCUT2D eigenvalue weighted by Gasteiger charge is -2.13. The predicted molar refractivity (Wildman–Crippen MR) is 79.1 cm³/mol. The molecule has 0 saturated heterocycles. The topological polar surface area (TPSA) is 29.1 Å². The summed E-state index contributed by atoms with van der Waals surface area (Å²) >= 11 is 4.70. The van der Waals surface area contributed by atoms with Gasteiger partial charge in [0, 0.05) is 6.04 Å². The lowest BCUT2D eigenvalue weighted by molar-refractivity contribution is 0.0936. The summed E-state index contributed by atoms with van der Waals surface area (Å²) in [6, 6.07) is 6.67. The van der Waals surface area contributed by atoms with Gasteiger partial charge >= 0.3 is 0 Å². The fourth-order valence-corrected chi connectivity index (χ4v) is 2.84. The molecular weight excluding hydrogens is 329 g/mol. The Bertz CT molecular complexity index is 571. The smallest absolute Gasteiger partial charge is 0.254 e. The SMILES string of the molecule is CC(Cc1ccsc1)NC(=O)c1cccc(Br)c1F. The fraction of sp³-hybridized carbons (Fsp3) is 0.214. The van der Waals surface area contributed by atoms with Gasteiger partial charge in [-0.3, -0.25) is 4.79 Å². The molecule has 1 atom stereocenters. The van der Waals surface area contributed by atoms with Crippen LogP contribution in [-0.2, 0) is 6.42 Å². The molecule has 0 saturated carbocycles. The van der Waals surface area contributed by atoms with Gasteiger partial charge in [0.05, 0.1) is 10.0 Å². The van der Waals surface area contributed by atoms with Crippen molar-refractivity contribution in [2.75, 3.05) is 0 Å². The van der Waals surface area contributed by atoms with Crippen molar-refractivity contribution in [1.29, 1.82) is 0 Å². The van der Waals surface area contributed by atoms with E-state index in [4.69, 9.17) is 0 Å². The zero-order chi connectivity index (χ0) is 13.8. The molecule has 100 valence electrons. The van der Waals surface area contributed by atoms with Crippen molar-refractivity contribution < 1.29 is 9.18 Å². The number of nitrogens with one attached hydrogen (secondary N) is 1. The molecule has 1 aromatic carbocycles. The largest absolute Gasteiger partial charge is 0.349 e. The highest BCUT2D eigenvalue weighted by atomic mass is 79.9. The van der Waals surface area contributed by atoms with E-state index in [-0.39, 0.29) is 17.5 Å². The zero-order valence-electron chi connectivity index (χ0n) is 10.3. The van der Waals surface area contributed by atoms with Crippen molar-refractivity contribution in [1.82, 2.24) is 5.32 Å². The first-order chi connectivity index (χ1) is 9.08. The second kappa shape index (κ2) is 6.30. The normalized spacial score (nSPS) is 12.2. The first-order valence-corrected chi connectivity index (χ1v) is 7.57. The van der Waals surface area contributed by atoms with E-state index in [0.717, 1.165) is 6.42 Å². The van der Waals surface area contributed by atoms with Gasteiger partial charge in [-0.2, -0.15) is 11.3 Å². The second-order valence-electron chi connectivity index (χ2n) is 4.31. The maximum Gasteiger partial charge on any atom is 0.254 e. The summed E-state index contributed by atoms with van der Waals surface area (Å²) in [5, 5.41) is 6.85. The summed E-state index contributed by atoms with van der Waals surface area (Å²) in [5.41, 5.74) is 1.24. The lowest BCUT2D eigenvalue weighted by atomic mass is 10.1. The molecule has 0 bridgehead atoms. The summed E-state index contributed by atoms with van der Waals surface area (Å²) in [5.74, 6) is -0.913. The molecule has 0 radical (unpaired) electrons. The highest BCUT2D eigenvalue weighted by Crippen LogP contribution is 2.18. The first kappa shape index (κ1) is 14.2. The van der Waals surface area contributed by atoms with Crippen LogP contribution in [0, 0.1) is 5.82 Å². The van der Waals surface area contributed by atoms with Crippen LogP contribution in [0.4, 0.5) is 4.39 Å². The van der Waals surface area contributed by atoms with Gasteiger partial charge in [0.25, 0.3) is 5.91 Å². The van der Waals surface area contributed by atoms with Gasteiger partial charge in [-0.15, -0.1) is 0 Å². The van der Waals surface area contributed by atoms with Gasteiger partial charge < -0.3 is 5.32 Å². The molecule has 0 aliphatic heterocycles. The van der Waals surface area contributed by atoms with Crippen LogP contribution in [-0.4, -0.2) is 11.9 Å². The molecular formula is C14H13BrFNOS. The number of thiophene rings is 1. The maximum atomic E-state index is 13.8. The first-order valence-electron chi connectivity index (χ1n) is 5.84. The Morgan fingerprint density at radius 2 is 2.26 bits per heavy atom. The number of carbonyl (C=O) groups excluding carboxylic acids is 1. The minimum absolute atomic E-state index is 0.0412. The molecule has 1 aromatic heterocycles. The van der Waals surface area contributed by atoms with Crippen molar-refractivity contribution in [3.8, 4) is 0 Å². The summed E-state index contributed by atoms with van der Waals surface area (Å²) in [4.78, 5) is 12.0. The van der Waals surface area contributed by atoms with E-state index in [0.29, 0.717) is 4.47 Å². The number of carbonyl (C=O) groups is 1. The fourth-order valence-electron chi connectivity index (χ4n) is 1.79. The predicted octanol–water partition coefficient (Wildman–Crippen LogP) is 4.01. The summed E-state index contributed by atoms with van der Waals surface area (Å²) < 4.78 is 14.1. The molecule has 0 spiro atoms. The molecule has 1 N–H and O–H groups in total. The summed E-state index contributed by atoms with van der Waals surface area (Å²) in [7, 11) is 0. The molecule has 1 unspecified atom stereocenters. The molecule has 2 nitrogen and oxygen atoms in total. The van der Waals surface area contributed by atoms with E-state index in [2.05, 4.69) is 21.2 Å². The molecule has 2 aromatic rings. The van der Waals surface area contributed by atoms with Gasteiger partial charge in [0.1, 0.15) is 5.82 Å². The van der Waals surface area contributed by atoms with Crippen LogP contribution in [0.1, 0.15) is 22.8 Å². The molecule has 5 heteroatoms. The van der Waals surface area contributed by atoms with E-state index < -0.39 is 5.82 Å². The van der Waals surface area contributed by atoms with Crippen molar-refractivity contribution in [2.45, 2.75) is 19.4 Å². The van der Waals surface area contributed by atoms with Gasteiger partial charge in [-0.25, -0.2) is 4.39 Å². The van der Waals surface area contributed by atoms with E-state index in [1.807, 2.05) is 23.8 Å². The van der Waals surface area contributed by atoms with Gasteiger partial charge in [-0.1, -0.05) is 6.07 Å². The highest BCUT2D eigenvalue weighted by molar-refractivity contribution is 9.10. The quantitative estimate of drug-likeness (QED) is 0.894. The summed E-state index contributed by atoms with van der Waals surface area (Å²) in [6.07, 6.45) is 0.741. The molecule has 2 rings (SSSR count). The molecule has 0 aliphatic rings. The molecule has 0 aliphatic carbocycles. The van der Waals surface area contributed by atoms with Crippen molar-refractivity contribution >= 4 is 33.2 Å². The van der Waals surface area contributed by atoms with E-state index >= 15 is 0 Å². The summed E-state index contributed by atoms with van der Waals surface area (Å²) in [6.45, 7) is 1.91. The van der Waals surface area contributed by atoms with Crippen molar-refractivity contribution in [3.05, 3.63) is 56.4 Å². The minimum Gasteiger partial charge on any atom is -0.349 e. The van der Waals surface area contributed by atoms with E-state index in [9.17, 15) is 9.18 Å². The van der Waals surface area contributed by atoms with Crippen LogP contribution in [0.5, 0.6) is 0 Å². The molecule has 19 heavy (non-hydrogen) atoms. The number of benzene rings is 1.